The van der Waals surface area contributed by atoms with Crippen molar-refractivity contribution < 1.29 is 0 Å². The van der Waals surface area contributed by atoms with E-state index >= 15 is 0 Å². The van der Waals surface area contributed by atoms with Gasteiger partial charge in [0.05, 0.1) is 6.07 Å². The third kappa shape index (κ3) is 4.06. The molecule has 0 aromatic heterocycles. The Bertz CT molecular complexity index is 443. The van der Waals surface area contributed by atoms with Crippen LogP contribution < -0.4 is 5.32 Å². The van der Waals surface area contributed by atoms with Crippen molar-refractivity contribution in [2.24, 2.45) is 5.92 Å². The molecule has 1 aromatic carbocycles. The lowest BCUT2D eigenvalue weighted by atomic mass is 9.89. The van der Waals surface area contributed by atoms with Gasteiger partial charge in [-0.15, -0.1) is 0 Å². The fourth-order valence-electron chi connectivity index (χ4n) is 2.91. The van der Waals surface area contributed by atoms with Crippen molar-refractivity contribution in [2.75, 3.05) is 26.7 Å². The molecule has 0 bridgehead atoms. The number of hydrogen-bond donors (Lipinski definition) is 1. The van der Waals surface area contributed by atoms with E-state index < -0.39 is 5.54 Å². The maximum atomic E-state index is 9.22. The first-order valence-electron chi connectivity index (χ1n) is 7.51. The first-order valence-corrected chi connectivity index (χ1v) is 7.51. The number of nitrogens with one attached hydrogen (secondary N) is 1. The summed E-state index contributed by atoms with van der Waals surface area (Å²) in [4.78, 5) is 2.42. The van der Waals surface area contributed by atoms with Gasteiger partial charge in [0, 0.05) is 6.54 Å². The minimum absolute atomic E-state index is 0.424. The van der Waals surface area contributed by atoms with E-state index in [0.717, 1.165) is 25.6 Å². The van der Waals surface area contributed by atoms with Gasteiger partial charge >= 0.3 is 0 Å². The number of likely N-dealkylation sites (N-methyl/N-ethyl adjacent to an activating group) is 1. The summed E-state index contributed by atoms with van der Waals surface area (Å²) in [6, 6.07) is 13.1. The Morgan fingerprint density at radius 3 is 2.50 bits per heavy atom. The Labute approximate surface area is 122 Å². The van der Waals surface area contributed by atoms with E-state index in [1.807, 2.05) is 14.0 Å². The molecule has 1 unspecified atom stereocenters. The van der Waals surface area contributed by atoms with Gasteiger partial charge in [-0.25, -0.2) is 0 Å². The maximum Gasteiger partial charge on any atom is 0.116 e. The molecule has 2 rings (SSSR count). The van der Waals surface area contributed by atoms with Crippen LogP contribution in [0.25, 0.3) is 0 Å². The normalized spacial score (nSPS) is 20.2. The summed E-state index contributed by atoms with van der Waals surface area (Å²) >= 11 is 0. The van der Waals surface area contributed by atoms with Crippen molar-refractivity contribution in [2.45, 2.75) is 31.7 Å². The third-order valence-corrected chi connectivity index (χ3v) is 4.41. The van der Waals surface area contributed by atoms with E-state index in [2.05, 4.69) is 46.6 Å². The first-order chi connectivity index (χ1) is 9.65. The van der Waals surface area contributed by atoms with E-state index in [9.17, 15) is 5.26 Å². The summed E-state index contributed by atoms with van der Waals surface area (Å²) in [6.45, 7) is 5.01. The summed E-state index contributed by atoms with van der Waals surface area (Å²) in [5.41, 5.74) is 1.02. The molecule has 1 fully saturated rings. The molecule has 1 aliphatic rings. The van der Waals surface area contributed by atoms with Crippen LogP contribution in [0.4, 0.5) is 0 Å². The van der Waals surface area contributed by atoms with Crippen LogP contribution in [-0.4, -0.2) is 37.1 Å². The second-order valence-corrected chi connectivity index (χ2v) is 6.10. The van der Waals surface area contributed by atoms with E-state index in [4.69, 9.17) is 0 Å². The van der Waals surface area contributed by atoms with E-state index in [1.54, 1.807) is 0 Å². The van der Waals surface area contributed by atoms with Crippen LogP contribution in [0, 0.1) is 17.2 Å². The number of hydrogen-bond acceptors (Lipinski definition) is 3. The van der Waals surface area contributed by atoms with Gasteiger partial charge in [-0.1, -0.05) is 30.3 Å². The number of piperidine rings is 1. The molecule has 20 heavy (non-hydrogen) atoms. The van der Waals surface area contributed by atoms with Gasteiger partial charge in [-0.3, -0.25) is 0 Å². The zero-order valence-corrected chi connectivity index (χ0v) is 12.6. The van der Waals surface area contributed by atoms with Crippen molar-refractivity contribution >= 4 is 0 Å². The molecule has 3 nitrogen and oxygen atoms in total. The number of rotatable bonds is 5. The Morgan fingerprint density at radius 2 is 1.95 bits per heavy atom. The van der Waals surface area contributed by atoms with Crippen molar-refractivity contribution in [1.29, 1.82) is 5.26 Å². The SMILES string of the molecule is CNC(C)(C#N)CN1CCC(Cc2ccccc2)CC1. The Balaban J connectivity index is 1.80. The molecule has 0 radical (unpaired) electrons. The molecule has 1 atom stereocenters. The second kappa shape index (κ2) is 6.88. The van der Waals surface area contributed by atoms with Gasteiger partial charge in [-0.05, 0) is 57.8 Å². The van der Waals surface area contributed by atoms with Crippen LogP contribution in [-0.2, 0) is 6.42 Å². The first kappa shape index (κ1) is 15.0. The largest absolute Gasteiger partial charge is 0.302 e. The molecule has 1 aromatic rings. The van der Waals surface area contributed by atoms with Gasteiger partial charge in [-0.2, -0.15) is 5.26 Å². The third-order valence-electron chi connectivity index (χ3n) is 4.41. The number of benzene rings is 1. The smallest absolute Gasteiger partial charge is 0.116 e. The van der Waals surface area contributed by atoms with Gasteiger partial charge in [0.15, 0.2) is 0 Å². The molecule has 0 spiro atoms. The van der Waals surface area contributed by atoms with Crippen molar-refractivity contribution in [1.82, 2.24) is 10.2 Å². The molecule has 1 saturated heterocycles. The summed E-state index contributed by atoms with van der Waals surface area (Å²) < 4.78 is 0. The topological polar surface area (TPSA) is 39.1 Å². The fraction of sp³-hybridized carbons (Fsp3) is 0.588. The highest BCUT2D eigenvalue weighted by atomic mass is 15.2. The average Bonchev–Trinajstić information content (AvgIpc) is 2.50. The highest BCUT2D eigenvalue weighted by molar-refractivity contribution is 5.15. The Morgan fingerprint density at radius 1 is 1.30 bits per heavy atom. The second-order valence-electron chi connectivity index (χ2n) is 6.10. The summed E-state index contributed by atoms with van der Waals surface area (Å²) in [5.74, 6) is 0.788. The summed E-state index contributed by atoms with van der Waals surface area (Å²) in [7, 11) is 1.87. The summed E-state index contributed by atoms with van der Waals surface area (Å²) in [5, 5.41) is 12.3. The molecule has 1 heterocycles. The molecular weight excluding hydrogens is 246 g/mol. The van der Waals surface area contributed by atoms with Crippen LogP contribution in [0.1, 0.15) is 25.3 Å². The molecule has 3 heteroatoms. The molecule has 108 valence electrons. The number of nitriles is 1. The Hall–Kier alpha value is -1.37. The Kier molecular flexibility index (Phi) is 5.17. The predicted octanol–water partition coefficient (Wildman–Crippen LogP) is 2.44. The van der Waals surface area contributed by atoms with Gasteiger partial charge in [0.25, 0.3) is 0 Å². The zero-order valence-electron chi connectivity index (χ0n) is 12.6. The maximum absolute atomic E-state index is 9.22. The molecule has 1 aliphatic heterocycles. The van der Waals surface area contributed by atoms with E-state index in [1.165, 1.54) is 24.8 Å². The highest BCUT2D eigenvalue weighted by Crippen LogP contribution is 2.22. The average molecular weight is 271 g/mol. The van der Waals surface area contributed by atoms with Gasteiger partial charge in [0.1, 0.15) is 5.54 Å². The van der Waals surface area contributed by atoms with Crippen LogP contribution in [0.2, 0.25) is 0 Å². The molecule has 0 aliphatic carbocycles. The van der Waals surface area contributed by atoms with Gasteiger partial charge in [0.2, 0.25) is 0 Å². The van der Waals surface area contributed by atoms with Crippen molar-refractivity contribution in [3.8, 4) is 6.07 Å². The molecule has 0 amide bonds. The zero-order chi connectivity index (χ0) is 14.4. The van der Waals surface area contributed by atoms with Crippen molar-refractivity contribution in [3.63, 3.8) is 0 Å². The lowest BCUT2D eigenvalue weighted by Gasteiger charge is -2.36. The standard InChI is InChI=1S/C17H25N3/c1-17(13-18,19-2)14-20-10-8-16(9-11-20)12-15-6-4-3-5-7-15/h3-7,16,19H,8-12,14H2,1-2H3. The summed E-state index contributed by atoms with van der Waals surface area (Å²) in [6.07, 6.45) is 3.66. The fourth-order valence-corrected chi connectivity index (χ4v) is 2.91. The quantitative estimate of drug-likeness (QED) is 0.894. The van der Waals surface area contributed by atoms with Crippen LogP contribution in [0.5, 0.6) is 0 Å². The lowest BCUT2D eigenvalue weighted by Crippen LogP contribution is -2.50. The molecule has 1 N–H and O–H groups in total. The van der Waals surface area contributed by atoms with Crippen LogP contribution in [0.3, 0.4) is 0 Å². The monoisotopic (exact) mass is 271 g/mol. The van der Waals surface area contributed by atoms with Gasteiger partial charge < -0.3 is 10.2 Å². The highest BCUT2D eigenvalue weighted by Gasteiger charge is 2.27. The van der Waals surface area contributed by atoms with Crippen LogP contribution >= 0.6 is 0 Å². The lowest BCUT2D eigenvalue weighted by molar-refractivity contribution is 0.158. The molecule has 0 saturated carbocycles. The number of likely N-dealkylation sites (tertiary alicyclic amines) is 1. The number of nitrogens with zero attached hydrogens (tertiary/aromatic N) is 2. The molecular formula is C17H25N3. The van der Waals surface area contributed by atoms with Crippen LogP contribution in [0.15, 0.2) is 30.3 Å². The van der Waals surface area contributed by atoms with Crippen molar-refractivity contribution in [3.05, 3.63) is 35.9 Å². The minimum Gasteiger partial charge on any atom is -0.302 e. The van der Waals surface area contributed by atoms with E-state index in [0.29, 0.717) is 0 Å². The predicted molar refractivity (Wildman–Crippen MR) is 82.4 cm³/mol. The minimum atomic E-state index is -0.424. The van der Waals surface area contributed by atoms with E-state index in [-0.39, 0.29) is 0 Å².